The Morgan fingerprint density at radius 3 is 2.64 bits per heavy atom. The van der Waals surface area contributed by atoms with E-state index in [-0.39, 0.29) is 11.8 Å². The molecule has 0 aliphatic carbocycles. The van der Waals surface area contributed by atoms with Gasteiger partial charge in [0.1, 0.15) is 0 Å². The summed E-state index contributed by atoms with van der Waals surface area (Å²) in [4.78, 5) is 32.5. The summed E-state index contributed by atoms with van der Waals surface area (Å²) in [5, 5.41) is 2.97. The Morgan fingerprint density at radius 1 is 1.11 bits per heavy atom. The summed E-state index contributed by atoms with van der Waals surface area (Å²) < 4.78 is 1.83. The summed E-state index contributed by atoms with van der Waals surface area (Å²) in [6.07, 6.45) is 2.33. The summed E-state index contributed by atoms with van der Waals surface area (Å²) >= 11 is 0. The lowest BCUT2D eigenvalue weighted by Gasteiger charge is -2.35. The van der Waals surface area contributed by atoms with E-state index in [4.69, 9.17) is 0 Å². The number of amides is 2. The SMILES string of the molecule is Cc1cccc(NC(=O)C2c3c(ncn3C)CCN2C(=O)c2ccccc2)c1. The van der Waals surface area contributed by atoms with E-state index >= 15 is 0 Å². The third-order valence-corrected chi connectivity index (χ3v) is 5.04. The van der Waals surface area contributed by atoms with Crippen LogP contribution in [-0.2, 0) is 18.3 Å². The first-order valence-corrected chi connectivity index (χ1v) is 9.28. The molecule has 0 spiro atoms. The molecule has 4 rings (SSSR count). The van der Waals surface area contributed by atoms with Crippen molar-refractivity contribution in [3.63, 3.8) is 0 Å². The summed E-state index contributed by atoms with van der Waals surface area (Å²) in [6.45, 7) is 2.42. The maximum Gasteiger partial charge on any atom is 0.254 e. The van der Waals surface area contributed by atoms with Gasteiger partial charge in [-0.1, -0.05) is 30.3 Å². The maximum atomic E-state index is 13.3. The highest BCUT2D eigenvalue weighted by Gasteiger charge is 2.39. The second-order valence-corrected chi connectivity index (χ2v) is 7.06. The average molecular weight is 374 g/mol. The summed E-state index contributed by atoms with van der Waals surface area (Å²) in [7, 11) is 1.86. The molecule has 2 heterocycles. The van der Waals surface area contributed by atoms with E-state index in [1.165, 1.54) is 0 Å². The fraction of sp³-hybridized carbons (Fsp3) is 0.227. The van der Waals surface area contributed by atoms with Gasteiger partial charge in [0.25, 0.3) is 11.8 Å². The number of hydrogen-bond donors (Lipinski definition) is 1. The summed E-state index contributed by atoms with van der Waals surface area (Å²) in [6, 6.07) is 16.0. The lowest BCUT2D eigenvalue weighted by Crippen LogP contribution is -2.46. The third-order valence-electron chi connectivity index (χ3n) is 5.04. The van der Waals surface area contributed by atoms with Gasteiger partial charge in [0.2, 0.25) is 0 Å². The fourth-order valence-corrected chi connectivity index (χ4v) is 3.70. The predicted octanol–water partition coefficient (Wildman–Crippen LogP) is 3.11. The maximum absolute atomic E-state index is 13.3. The number of fused-ring (bicyclic) bond motifs is 1. The first-order chi connectivity index (χ1) is 13.5. The zero-order chi connectivity index (χ0) is 19.7. The van der Waals surface area contributed by atoms with Crippen LogP contribution in [0, 0.1) is 6.92 Å². The molecule has 142 valence electrons. The van der Waals surface area contributed by atoms with Crippen molar-refractivity contribution in [1.82, 2.24) is 14.5 Å². The number of aryl methyl sites for hydroxylation is 2. The van der Waals surface area contributed by atoms with E-state index in [0.717, 1.165) is 17.0 Å². The number of nitrogens with zero attached hydrogens (tertiary/aromatic N) is 3. The molecular formula is C22H22N4O2. The number of nitrogens with one attached hydrogen (secondary N) is 1. The van der Waals surface area contributed by atoms with E-state index in [2.05, 4.69) is 10.3 Å². The number of imidazole rings is 1. The second-order valence-electron chi connectivity index (χ2n) is 7.06. The molecule has 0 saturated heterocycles. The number of hydrogen-bond acceptors (Lipinski definition) is 3. The standard InChI is InChI=1S/C22H22N4O2/c1-15-7-6-10-17(13-15)24-21(27)20-19-18(23-14-25(19)2)11-12-26(20)22(28)16-8-4-3-5-9-16/h3-10,13-14,20H,11-12H2,1-2H3,(H,24,27). The van der Waals surface area contributed by atoms with Gasteiger partial charge in [0, 0.05) is 31.3 Å². The van der Waals surface area contributed by atoms with Crippen LogP contribution in [0.1, 0.15) is 33.4 Å². The van der Waals surface area contributed by atoms with Gasteiger partial charge in [-0.15, -0.1) is 0 Å². The molecule has 3 aromatic rings. The van der Waals surface area contributed by atoms with Crippen LogP contribution in [0.5, 0.6) is 0 Å². The van der Waals surface area contributed by atoms with E-state index in [1.807, 2.05) is 61.0 Å². The molecule has 0 bridgehead atoms. The molecule has 0 fully saturated rings. The zero-order valence-corrected chi connectivity index (χ0v) is 15.9. The van der Waals surface area contributed by atoms with Crippen LogP contribution in [0.3, 0.4) is 0 Å². The first kappa shape index (κ1) is 18.0. The molecule has 6 nitrogen and oxygen atoms in total. The molecule has 1 aromatic heterocycles. The quantitative estimate of drug-likeness (QED) is 0.766. The number of rotatable bonds is 3. The zero-order valence-electron chi connectivity index (χ0n) is 15.9. The molecule has 0 saturated carbocycles. The van der Waals surface area contributed by atoms with Gasteiger partial charge < -0.3 is 14.8 Å². The molecule has 1 aliphatic heterocycles. The largest absolute Gasteiger partial charge is 0.335 e. The van der Waals surface area contributed by atoms with Gasteiger partial charge >= 0.3 is 0 Å². The number of carbonyl (C=O) groups is 2. The van der Waals surface area contributed by atoms with Gasteiger partial charge in [-0.3, -0.25) is 9.59 Å². The normalized spacial score (nSPS) is 15.8. The molecular weight excluding hydrogens is 352 g/mol. The van der Waals surface area contributed by atoms with E-state index in [1.54, 1.807) is 23.4 Å². The number of carbonyl (C=O) groups excluding carboxylic acids is 2. The molecule has 6 heteroatoms. The van der Waals surface area contributed by atoms with Crippen molar-refractivity contribution in [1.29, 1.82) is 0 Å². The molecule has 2 aromatic carbocycles. The lowest BCUT2D eigenvalue weighted by molar-refractivity contribution is -0.121. The van der Waals surface area contributed by atoms with Crippen molar-refractivity contribution in [3.05, 3.63) is 83.4 Å². The van der Waals surface area contributed by atoms with E-state index in [0.29, 0.717) is 24.2 Å². The predicted molar refractivity (Wildman–Crippen MR) is 107 cm³/mol. The average Bonchev–Trinajstić information content (AvgIpc) is 3.08. The molecule has 2 amide bonds. The number of benzene rings is 2. The number of aromatic nitrogens is 2. The third kappa shape index (κ3) is 3.29. The van der Waals surface area contributed by atoms with E-state index in [9.17, 15) is 9.59 Å². The van der Waals surface area contributed by atoms with Gasteiger partial charge in [-0.2, -0.15) is 0 Å². The van der Waals surface area contributed by atoms with Gasteiger partial charge in [0.05, 0.1) is 17.7 Å². The van der Waals surface area contributed by atoms with Gasteiger partial charge in [0.15, 0.2) is 6.04 Å². The minimum atomic E-state index is -0.732. The van der Waals surface area contributed by atoms with Crippen molar-refractivity contribution in [2.75, 3.05) is 11.9 Å². The highest BCUT2D eigenvalue weighted by molar-refractivity contribution is 6.01. The summed E-state index contributed by atoms with van der Waals surface area (Å²) in [5.41, 5.74) is 3.97. The molecule has 28 heavy (non-hydrogen) atoms. The Labute approximate surface area is 163 Å². The van der Waals surface area contributed by atoms with Crippen LogP contribution < -0.4 is 5.32 Å². The number of anilines is 1. The molecule has 1 atom stereocenters. The van der Waals surface area contributed by atoms with Gasteiger partial charge in [-0.25, -0.2) is 4.98 Å². The molecule has 1 aliphatic rings. The Balaban J connectivity index is 1.71. The van der Waals surface area contributed by atoms with Crippen molar-refractivity contribution < 1.29 is 9.59 Å². The van der Waals surface area contributed by atoms with Crippen LogP contribution in [0.2, 0.25) is 0 Å². The topological polar surface area (TPSA) is 67.2 Å². The fourth-order valence-electron chi connectivity index (χ4n) is 3.70. The highest BCUT2D eigenvalue weighted by Crippen LogP contribution is 2.31. The Kier molecular flexibility index (Phi) is 4.69. The van der Waals surface area contributed by atoms with Crippen LogP contribution >= 0.6 is 0 Å². The van der Waals surface area contributed by atoms with Crippen molar-refractivity contribution in [2.45, 2.75) is 19.4 Å². The van der Waals surface area contributed by atoms with Crippen LogP contribution in [0.4, 0.5) is 5.69 Å². The smallest absolute Gasteiger partial charge is 0.254 e. The van der Waals surface area contributed by atoms with Crippen molar-refractivity contribution in [3.8, 4) is 0 Å². The highest BCUT2D eigenvalue weighted by atomic mass is 16.2. The minimum Gasteiger partial charge on any atom is -0.335 e. The lowest BCUT2D eigenvalue weighted by atomic mass is 10.00. The molecule has 0 radical (unpaired) electrons. The van der Waals surface area contributed by atoms with Crippen molar-refractivity contribution in [2.24, 2.45) is 7.05 Å². The van der Waals surface area contributed by atoms with Gasteiger partial charge in [-0.05, 0) is 36.8 Å². The van der Waals surface area contributed by atoms with E-state index < -0.39 is 6.04 Å². The van der Waals surface area contributed by atoms with Crippen LogP contribution in [0.25, 0.3) is 0 Å². The van der Waals surface area contributed by atoms with Crippen LogP contribution in [-0.4, -0.2) is 32.8 Å². The molecule has 1 N–H and O–H groups in total. The minimum absolute atomic E-state index is 0.156. The first-order valence-electron chi connectivity index (χ1n) is 9.28. The Bertz CT molecular complexity index is 1030. The van der Waals surface area contributed by atoms with Crippen LogP contribution in [0.15, 0.2) is 60.9 Å². The van der Waals surface area contributed by atoms with Crippen molar-refractivity contribution >= 4 is 17.5 Å². The molecule has 1 unspecified atom stereocenters. The summed E-state index contributed by atoms with van der Waals surface area (Å²) in [5.74, 6) is -0.392. The Morgan fingerprint density at radius 2 is 1.89 bits per heavy atom. The Hall–Kier alpha value is -3.41. The second kappa shape index (κ2) is 7.31. The monoisotopic (exact) mass is 374 g/mol.